The lowest BCUT2D eigenvalue weighted by Gasteiger charge is -2.14. The van der Waals surface area contributed by atoms with Crippen LogP contribution in [0.25, 0.3) is 11.3 Å². The van der Waals surface area contributed by atoms with Crippen LogP contribution in [0.5, 0.6) is 0 Å². The molecule has 1 heterocycles. The molecule has 18 heavy (non-hydrogen) atoms. The summed E-state index contributed by atoms with van der Waals surface area (Å²) in [6, 6.07) is 3.69. The Bertz CT molecular complexity index is 560. The average Bonchev–Trinajstić information content (AvgIpc) is 2.68. The molecule has 0 bridgehead atoms. The molecule has 0 aliphatic rings. The summed E-state index contributed by atoms with van der Waals surface area (Å²) in [5, 5.41) is 12.2. The first-order valence-corrected chi connectivity index (χ1v) is 6.35. The topological polar surface area (TPSA) is 33.1 Å². The van der Waals surface area contributed by atoms with E-state index in [9.17, 15) is 13.9 Å². The van der Waals surface area contributed by atoms with Crippen molar-refractivity contribution < 1.29 is 13.9 Å². The van der Waals surface area contributed by atoms with Crippen LogP contribution < -0.4 is 0 Å². The second-order valence-corrected chi connectivity index (χ2v) is 5.69. The van der Waals surface area contributed by atoms with Crippen LogP contribution in [0.2, 0.25) is 0 Å². The van der Waals surface area contributed by atoms with Crippen LogP contribution in [0.3, 0.4) is 0 Å². The number of hydrogen-bond acceptors (Lipinski definition) is 3. The fourth-order valence-electron chi connectivity index (χ4n) is 1.55. The largest absolute Gasteiger partial charge is 0.390 e. The Morgan fingerprint density at radius 1 is 1.28 bits per heavy atom. The minimum absolute atomic E-state index is 0.432. The number of nitrogens with zero attached hydrogens (tertiary/aromatic N) is 1. The Hall–Kier alpha value is -1.33. The SMILES string of the molecule is CC(C)(O)Cc1nc(-c2ccc(F)c(F)c2)cs1. The highest BCUT2D eigenvalue weighted by molar-refractivity contribution is 7.09. The Morgan fingerprint density at radius 3 is 2.61 bits per heavy atom. The van der Waals surface area contributed by atoms with Crippen molar-refractivity contribution in [2.24, 2.45) is 0 Å². The molecule has 0 spiro atoms. The summed E-state index contributed by atoms with van der Waals surface area (Å²) in [5.74, 6) is -1.75. The van der Waals surface area contributed by atoms with Crippen molar-refractivity contribution in [3.63, 3.8) is 0 Å². The fourth-order valence-corrected chi connectivity index (χ4v) is 2.57. The molecule has 0 unspecified atom stereocenters. The molecule has 2 aromatic rings. The molecule has 5 heteroatoms. The summed E-state index contributed by atoms with van der Waals surface area (Å²) in [7, 11) is 0. The predicted molar refractivity (Wildman–Crippen MR) is 67.5 cm³/mol. The monoisotopic (exact) mass is 269 g/mol. The van der Waals surface area contributed by atoms with Gasteiger partial charge in [-0.2, -0.15) is 0 Å². The summed E-state index contributed by atoms with van der Waals surface area (Å²) in [6.07, 6.45) is 0.432. The van der Waals surface area contributed by atoms with E-state index in [4.69, 9.17) is 0 Å². The molecule has 0 aliphatic heterocycles. The molecule has 0 saturated carbocycles. The zero-order valence-electron chi connectivity index (χ0n) is 10.1. The minimum Gasteiger partial charge on any atom is -0.390 e. The summed E-state index contributed by atoms with van der Waals surface area (Å²) in [4.78, 5) is 4.31. The lowest BCUT2D eigenvalue weighted by molar-refractivity contribution is 0.0809. The summed E-state index contributed by atoms with van der Waals surface area (Å²) in [5.41, 5.74) is 0.300. The molecule has 1 N–H and O–H groups in total. The third-order valence-corrected chi connectivity index (χ3v) is 3.20. The van der Waals surface area contributed by atoms with Gasteiger partial charge in [-0.3, -0.25) is 0 Å². The van der Waals surface area contributed by atoms with Crippen LogP contribution in [-0.4, -0.2) is 15.7 Å². The number of aromatic nitrogens is 1. The number of hydrogen-bond donors (Lipinski definition) is 1. The van der Waals surface area contributed by atoms with E-state index in [1.165, 1.54) is 17.4 Å². The molecule has 2 rings (SSSR count). The van der Waals surface area contributed by atoms with Crippen LogP contribution in [-0.2, 0) is 6.42 Å². The molecule has 1 aromatic heterocycles. The Balaban J connectivity index is 2.26. The molecule has 0 radical (unpaired) electrons. The predicted octanol–water partition coefficient (Wildman–Crippen LogP) is 3.40. The molecule has 0 amide bonds. The van der Waals surface area contributed by atoms with Gasteiger partial charge < -0.3 is 5.11 Å². The summed E-state index contributed by atoms with van der Waals surface area (Å²) >= 11 is 1.39. The standard InChI is InChI=1S/C13H13F2NOS/c1-13(2,17)6-12-16-11(7-18-12)8-3-4-9(14)10(15)5-8/h3-5,7,17H,6H2,1-2H3. The van der Waals surface area contributed by atoms with Crippen LogP contribution >= 0.6 is 11.3 Å². The Morgan fingerprint density at radius 2 is 2.00 bits per heavy atom. The van der Waals surface area contributed by atoms with Crippen LogP contribution in [0, 0.1) is 11.6 Å². The quantitative estimate of drug-likeness (QED) is 0.926. The maximum atomic E-state index is 13.1. The van der Waals surface area contributed by atoms with E-state index >= 15 is 0 Å². The summed E-state index contributed by atoms with van der Waals surface area (Å²) in [6.45, 7) is 3.40. The highest BCUT2D eigenvalue weighted by Crippen LogP contribution is 2.25. The van der Waals surface area contributed by atoms with Crippen LogP contribution in [0.4, 0.5) is 8.78 Å². The van der Waals surface area contributed by atoms with Gasteiger partial charge in [0.15, 0.2) is 11.6 Å². The lowest BCUT2D eigenvalue weighted by atomic mass is 10.1. The molecule has 1 aromatic carbocycles. The van der Waals surface area contributed by atoms with E-state index in [0.29, 0.717) is 17.7 Å². The average molecular weight is 269 g/mol. The van der Waals surface area contributed by atoms with Gasteiger partial charge in [-0.15, -0.1) is 11.3 Å². The van der Waals surface area contributed by atoms with Crippen molar-refractivity contribution in [3.8, 4) is 11.3 Å². The van der Waals surface area contributed by atoms with Crippen LogP contribution in [0.15, 0.2) is 23.6 Å². The van der Waals surface area contributed by atoms with Gasteiger partial charge in [-0.05, 0) is 32.0 Å². The first kappa shape index (κ1) is 13.1. The first-order valence-electron chi connectivity index (χ1n) is 5.47. The molecule has 2 nitrogen and oxygen atoms in total. The van der Waals surface area contributed by atoms with Crippen molar-refractivity contribution in [3.05, 3.63) is 40.2 Å². The van der Waals surface area contributed by atoms with Crippen molar-refractivity contribution in [1.29, 1.82) is 0 Å². The third-order valence-electron chi connectivity index (χ3n) is 2.35. The highest BCUT2D eigenvalue weighted by atomic mass is 32.1. The zero-order chi connectivity index (χ0) is 13.3. The smallest absolute Gasteiger partial charge is 0.159 e. The second-order valence-electron chi connectivity index (χ2n) is 4.74. The minimum atomic E-state index is -0.885. The van der Waals surface area contributed by atoms with Gasteiger partial charge in [0.1, 0.15) is 0 Å². The van der Waals surface area contributed by atoms with Gasteiger partial charge >= 0.3 is 0 Å². The molecule has 0 saturated heterocycles. The number of rotatable bonds is 3. The number of thiazole rings is 1. The van der Waals surface area contributed by atoms with Gasteiger partial charge in [0.25, 0.3) is 0 Å². The van der Waals surface area contributed by atoms with E-state index < -0.39 is 17.2 Å². The molecular weight excluding hydrogens is 256 g/mol. The van der Waals surface area contributed by atoms with Gasteiger partial charge in [-0.1, -0.05) is 0 Å². The number of halogens is 2. The second kappa shape index (κ2) is 4.74. The van der Waals surface area contributed by atoms with E-state index in [0.717, 1.165) is 17.1 Å². The zero-order valence-corrected chi connectivity index (χ0v) is 10.9. The van der Waals surface area contributed by atoms with Crippen LogP contribution in [0.1, 0.15) is 18.9 Å². The lowest BCUT2D eigenvalue weighted by Crippen LogP contribution is -2.21. The molecular formula is C13H13F2NOS. The van der Waals surface area contributed by atoms with E-state index in [1.54, 1.807) is 19.2 Å². The van der Waals surface area contributed by atoms with Gasteiger partial charge in [0.2, 0.25) is 0 Å². The van der Waals surface area contributed by atoms with Crippen molar-refractivity contribution in [1.82, 2.24) is 4.98 Å². The number of benzene rings is 1. The third kappa shape index (κ3) is 3.11. The molecule has 0 fully saturated rings. The Kier molecular flexibility index (Phi) is 3.45. The molecule has 0 aliphatic carbocycles. The highest BCUT2D eigenvalue weighted by Gasteiger charge is 2.16. The van der Waals surface area contributed by atoms with E-state index in [2.05, 4.69) is 4.98 Å². The van der Waals surface area contributed by atoms with Gasteiger partial charge in [-0.25, -0.2) is 13.8 Å². The van der Waals surface area contributed by atoms with Crippen molar-refractivity contribution >= 4 is 11.3 Å². The first-order chi connectivity index (χ1) is 8.35. The van der Waals surface area contributed by atoms with E-state index in [-0.39, 0.29) is 0 Å². The Labute approximate surface area is 108 Å². The maximum absolute atomic E-state index is 13.1. The normalized spacial score (nSPS) is 11.8. The number of aliphatic hydroxyl groups is 1. The molecule has 96 valence electrons. The summed E-state index contributed by atoms with van der Waals surface area (Å²) < 4.78 is 25.9. The van der Waals surface area contributed by atoms with Crippen molar-refractivity contribution in [2.75, 3.05) is 0 Å². The van der Waals surface area contributed by atoms with Gasteiger partial charge in [0.05, 0.1) is 16.3 Å². The van der Waals surface area contributed by atoms with E-state index in [1.807, 2.05) is 0 Å². The fraction of sp³-hybridized carbons (Fsp3) is 0.308. The van der Waals surface area contributed by atoms with Gasteiger partial charge in [0, 0.05) is 17.4 Å². The molecule has 0 atom stereocenters. The maximum Gasteiger partial charge on any atom is 0.159 e. The van der Waals surface area contributed by atoms with Crippen molar-refractivity contribution in [2.45, 2.75) is 25.9 Å².